The molecule has 29 heavy (non-hydrogen) atoms. The van der Waals surface area contributed by atoms with Crippen LogP contribution in [0.25, 0.3) is 0 Å². The van der Waals surface area contributed by atoms with Crippen LogP contribution in [-0.4, -0.2) is 32.9 Å². The molecule has 1 saturated carbocycles. The Labute approximate surface area is 167 Å². The summed E-state index contributed by atoms with van der Waals surface area (Å²) in [4.78, 5) is 36.7. The Kier molecular flexibility index (Phi) is 5.28. The molecule has 2 heterocycles. The summed E-state index contributed by atoms with van der Waals surface area (Å²) in [7, 11) is 0. The molecule has 9 heteroatoms. The lowest BCUT2D eigenvalue weighted by Crippen LogP contribution is -2.30. The van der Waals surface area contributed by atoms with Gasteiger partial charge in [-0.1, -0.05) is 6.07 Å². The Morgan fingerprint density at radius 3 is 2.41 bits per heavy atom. The Hall–Kier alpha value is -4.01. The molecule has 1 aliphatic rings. The fourth-order valence-electron chi connectivity index (χ4n) is 2.56. The highest BCUT2D eigenvalue weighted by Gasteiger charge is 2.23. The lowest BCUT2D eigenvalue weighted by molar-refractivity contribution is 0.102. The average molecular weight is 389 g/mol. The van der Waals surface area contributed by atoms with Crippen LogP contribution in [0.3, 0.4) is 0 Å². The number of carbonyl (C=O) groups excluding carboxylic acids is 2. The summed E-state index contributed by atoms with van der Waals surface area (Å²) >= 11 is 0. The number of benzene rings is 1. The molecule has 1 aliphatic carbocycles. The summed E-state index contributed by atoms with van der Waals surface area (Å²) in [5.41, 5.74) is 2.10. The van der Waals surface area contributed by atoms with E-state index in [0.29, 0.717) is 17.3 Å². The quantitative estimate of drug-likeness (QED) is 0.514. The molecule has 0 radical (unpaired) electrons. The van der Waals surface area contributed by atoms with E-state index >= 15 is 0 Å². The number of urea groups is 1. The van der Waals surface area contributed by atoms with Crippen molar-refractivity contribution in [1.82, 2.24) is 20.3 Å². The van der Waals surface area contributed by atoms with Crippen LogP contribution in [0.15, 0.2) is 61.1 Å². The predicted octanol–water partition coefficient (Wildman–Crippen LogP) is 3.15. The molecule has 3 amide bonds. The monoisotopic (exact) mass is 389 g/mol. The van der Waals surface area contributed by atoms with E-state index in [2.05, 4.69) is 36.2 Å². The SMILES string of the molecule is O=C(Nc1cccc(NC(=O)c2ccnc(Nc3ccncc3)n2)c1)NC1CC1. The third kappa shape index (κ3) is 5.25. The van der Waals surface area contributed by atoms with Gasteiger partial charge in [0.05, 0.1) is 0 Å². The van der Waals surface area contributed by atoms with E-state index < -0.39 is 0 Å². The molecule has 4 N–H and O–H groups in total. The van der Waals surface area contributed by atoms with Crippen molar-refractivity contribution in [3.05, 3.63) is 66.7 Å². The van der Waals surface area contributed by atoms with Crippen LogP contribution >= 0.6 is 0 Å². The second-order valence-corrected chi connectivity index (χ2v) is 6.53. The van der Waals surface area contributed by atoms with Crippen LogP contribution in [0.5, 0.6) is 0 Å². The fourth-order valence-corrected chi connectivity index (χ4v) is 2.56. The fraction of sp³-hybridized carbons (Fsp3) is 0.150. The Morgan fingerprint density at radius 2 is 1.66 bits per heavy atom. The van der Waals surface area contributed by atoms with Crippen molar-refractivity contribution in [3.8, 4) is 0 Å². The van der Waals surface area contributed by atoms with Gasteiger partial charge in [-0.3, -0.25) is 9.78 Å². The lowest BCUT2D eigenvalue weighted by atomic mass is 10.2. The molecule has 0 spiro atoms. The maximum Gasteiger partial charge on any atom is 0.319 e. The molecule has 1 aromatic carbocycles. The minimum atomic E-state index is -0.384. The molecule has 4 rings (SSSR count). The van der Waals surface area contributed by atoms with Crippen molar-refractivity contribution >= 4 is 34.9 Å². The zero-order valence-electron chi connectivity index (χ0n) is 15.4. The Balaban J connectivity index is 1.40. The first-order valence-corrected chi connectivity index (χ1v) is 9.15. The number of nitrogens with zero attached hydrogens (tertiary/aromatic N) is 3. The highest BCUT2D eigenvalue weighted by molar-refractivity contribution is 6.03. The summed E-state index contributed by atoms with van der Waals surface area (Å²) in [6.45, 7) is 0. The first-order chi connectivity index (χ1) is 14.2. The number of pyridine rings is 1. The molecule has 0 aliphatic heterocycles. The predicted molar refractivity (Wildman–Crippen MR) is 109 cm³/mol. The van der Waals surface area contributed by atoms with Crippen LogP contribution in [0.4, 0.5) is 27.8 Å². The van der Waals surface area contributed by atoms with E-state index in [4.69, 9.17) is 0 Å². The Morgan fingerprint density at radius 1 is 0.897 bits per heavy atom. The number of nitrogens with one attached hydrogen (secondary N) is 4. The molecule has 0 unspecified atom stereocenters. The van der Waals surface area contributed by atoms with Crippen LogP contribution in [0, 0.1) is 0 Å². The van der Waals surface area contributed by atoms with Crippen molar-refractivity contribution in [2.24, 2.45) is 0 Å². The van der Waals surface area contributed by atoms with Crippen LogP contribution in [-0.2, 0) is 0 Å². The number of anilines is 4. The standard InChI is InChI=1S/C20H19N7O2/c28-18(17-8-11-22-19(27-17)24-14-6-9-21-10-7-14)23-15-2-1-3-16(12-15)26-20(29)25-13-4-5-13/h1-3,6-13H,4-5H2,(H,23,28)(H2,25,26,29)(H,21,22,24,27). The largest absolute Gasteiger partial charge is 0.335 e. The van der Waals surface area contributed by atoms with E-state index in [1.807, 2.05) is 0 Å². The molecule has 3 aromatic rings. The van der Waals surface area contributed by atoms with Gasteiger partial charge in [-0.05, 0) is 49.2 Å². The molecule has 1 fully saturated rings. The molecule has 0 saturated heterocycles. The van der Waals surface area contributed by atoms with E-state index in [1.54, 1.807) is 48.8 Å². The van der Waals surface area contributed by atoms with Gasteiger partial charge < -0.3 is 21.3 Å². The maximum atomic E-state index is 12.6. The van der Waals surface area contributed by atoms with Crippen LogP contribution in [0.2, 0.25) is 0 Å². The van der Waals surface area contributed by atoms with Crippen molar-refractivity contribution in [2.45, 2.75) is 18.9 Å². The third-order valence-electron chi connectivity index (χ3n) is 4.12. The molecule has 0 bridgehead atoms. The minimum absolute atomic E-state index is 0.210. The normalized spacial score (nSPS) is 12.7. The number of hydrogen-bond acceptors (Lipinski definition) is 6. The van der Waals surface area contributed by atoms with Gasteiger partial charge in [-0.15, -0.1) is 0 Å². The number of aromatic nitrogens is 3. The number of amides is 3. The highest BCUT2D eigenvalue weighted by atomic mass is 16.2. The van der Waals surface area contributed by atoms with E-state index in [0.717, 1.165) is 18.5 Å². The topological polar surface area (TPSA) is 121 Å². The zero-order chi connectivity index (χ0) is 20.1. The lowest BCUT2D eigenvalue weighted by Gasteiger charge is -2.10. The zero-order valence-corrected chi connectivity index (χ0v) is 15.4. The van der Waals surface area contributed by atoms with Crippen LogP contribution < -0.4 is 21.3 Å². The molecular weight excluding hydrogens is 370 g/mol. The first-order valence-electron chi connectivity index (χ1n) is 9.15. The van der Waals surface area contributed by atoms with Gasteiger partial charge in [0.25, 0.3) is 5.91 Å². The van der Waals surface area contributed by atoms with Gasteiger partial charge >= 0.3 is 6.03 Å². The minimum Gasteiger partial charge on any atom is -0.335 e. The van der Waals surface area contributed by atoms with E-state index in [1.165, 1.54) is 12.3 Å². The summed E-state index contributed by atoms with van der Waals surface area (Å²) in [6.07, 6.45) is 6.82. The smallest absolute Gasteiger partial charge is 0.319 e. The summed E-state index contributed by atoms with van der Waals surface area (Å²) in [5, 5.41) is 11.4. The van der Waals surface area contributed by atoms with Crippen LogP contribution in [0.1, 0.15) is 23.3 Å². The molecule has 146 valence electrons. The van der Waals surface area contributed by atoms with Crippen molar-refractivity contribution < 1.29 is 9.59 Å². The van der Waals surface area contributed by atoms with Gasteiger partial charge in [-0.25, -0.2) is 14.8 Å². The molecule has 9 nitrogen and oxygen atoms in total. The average Bonchev–Trinajstić information content (AvgIpc) is 3.53. The Bertz CT molecular complexity index is 1020. The number of hydrogen-bond donors (Lipinski definition) is 4. The molecule has 0 atom stereocenters. The summed E-state index contributed by atoms with van der Waals surface area (Å²) in [6, 6.07) is 12.0. The maximum absolute atomic E-state index is 12.6. The van der Waals surface area contributed by atoms with Crippen molar-refractivity contribution in [2.75, 3.05) is 16.0 Å². The van der Waals surface area contributed by atoms with Gasteiger partial charge in [-0.2, -0.15) is 0 Å². The van der Waals surface area contributed by atoms with E-state index in [9.17, 15) is 9.59 Å². The summed E-state index contributed by atoms with van der Waals surface area (Å²) in [5.74, 6) is -0.0826. The number of carbonyl (C=O) groups is 2. The van der Waals surface area contributed by atoms with Gasteiger partial charge in [0, 0.05) is 41.7 Å². The van der Waals surface area contributed by atoms with E-state index in [-0.39, 0.29) is 23.7 Å². The second kappa shape index (κ2) is 8.34. The van der Waals surface area contributed by atoms with Crippen molar-refractivity contribution in [1.29, 1.82) is 0 Å². The van der Waals surface area contributed by atoms with Gasteiger partial charge in [0.15, 0.2) is 0 Å². The van der Waals surface area contributed by atoms with Gasteiger partial charge in [0.1, 0.15) is 5.69 Å². The summed E-state index contributed by atoms with van der Waals surface area (Å²) < 4.78 is 0. The molecular formula is C20H19N7O2. The number of rotatable bonds is 6. The molecule has 2 aromatic heterocycles. The van der Waals surface area contributed by atoms with Crippen molar-refractivity contribution in [3.63, 3.8) is 0 Å². The first kappa shape index (κ1) is 18.4. The highest BCUT2D eigenvalue weighted by Crippen LogP contribution is 2.20. The van der Waals surface area contributed by atoms with Gasteiger partial charge in [0.2, 0.25) is 5.95 Å². The second-order valence-electron chi connectivity index (χ2n) is 6.53. The third-order valence-corrected chi connectivity index (χ3v) is 4.12.